The molecule has 0 unspecified atom stereocenters. The molecule has 4 nitrogen and oxygen atoms in total. The lowest BCUT2D eigenvalue weighted by Crippen LogP contribution is -2.44. The number of alkyl halides is 3. The molecule has 1 aromatic heterocycles. The maximum Gasteiger partial charge on any atom is 0.416 e. The van der Waals surface area contributed by atoms with Gasteiger partial charge in [-0.05, 0) is 31.4 Å². The number of amides is 1. The molecule has 2 aliphatic rings. The second-order valence-corrected chi connectivity index (χ2v) is 5.67. The first-order valence-electron chi connectivity index (χ1n) is 6.97. The summed E-state index contributed by atoms with van der Waals surface area (Å²) < 4.78 is 38.2. The first-order valence-corrected chi connectivity index (χ1v) is 6.97. The highest BCUT2D eigenvalue weighted by Crippen LogP contribution is 2.39. The van der Waals surface area contributed by atoms with Gasteiger partial charge < -0.3 is 10.2 Å². The summed E-state index contributed by atoms with van der Waals surface area (Å²) >= 11 is 0. The predicted molar refractivity (Wildman–Crippen MR) is 70.7 cm³/mol. The lowest BCUT2D eigenvalue weighted by molar-refractivity contribution is -0.137. The van der Waals surface area contributed by atoms with Crippen LogP contribution in [0.4, 0.5) is 19.0 Å². The fourth-order valence-electron chi connectivity index (χ4n) is 3.12. The molecule has 1 N–H and O–H groups in total. The number of hydrogen-bond donors (Lipinski definition) is 1. The van der Waals surface area contributed by atoms with Crippen molar-refractivity contribution in [3.05, 3.63) is 23.9 Å². The van der Waals surface area contributed by atoms with Crippen molar-refractivity contribution in [2.24, 2.45) is 5.41 Å². The molecule has 21 heavy (non-hydrogen) atoms. The van der Waals surface area contributed by atoms with Gasteiger partial charge in [0, 0.05) is 25.8 Å². The maximum absolute atomic E-state index is 12.7. The number of halogens is 3. The third-order valence-corrected chi connectivity index (χ3v) is 4.49. The van der Waals surface area contributed by atoms with Gasteiger partial charge in [0.05, 0.1) is 11.0 Å². The highest BCUT2D eigenvalue weighted by atomic mass is 19.4. The van der Waals surface area contributed by atoms with Crippen LogP contribution in [-0.4, -0.2) is 30.5 Å². The number of aromatic nitrogens is 1. The van der Waals surface area contributed by atoms with E-state index in [0.29, 0.717) is 38.3 Å². The molecule has 0 aliphatic carbocycles. The number of carbonyl (C=O) groups is 1. The highest BCUT2D eigenvalue weighted by molar-refractivity contribution is 5.85. The van der Waals surface area contributed by atoms with E-state index < -0.39 is 11.7 Å². The van der Waals surface area contributed by atoms with Gasteiger partial charge in [-0.2, -0.15) is 13.2 Å². The number of pyridine rings is 1. The smallest absolute Gasteiger partial charge is 0.357 e. The van der Waals surface area contributed by atoms with Crippen LogP contribution in [0.15, 0.2) is 18.3 Å². The summed E-state index contributed by atoms with van der Waals surface area (Å²) in [5, 5.41) is 2.84. The minimum Gasteiger partial charge on any atom is -0.357 e. The number of carbonyl (C=O) groups excluding carboxylic acids is 1. The summed E-state index contributed by atoms with van der Waals surface area (Å²) in [5.41, 5.74) is -1.01. The Hall–Kier alpha value is -1.79. The van der Waals surface area contributed by atoms with Crippen LogP contribution in [0.3, 0.4) is 0 Å². The van der Waals surface area contributed by atoms with Crippen LogP contribution in [-0.2, 0) is 11.0 Å². The molecule has 2 saturated heterocycles. The van der Waals surface area contributed by atoms with Crippen molar-refractivity contribution in [2.45, 2.75) is 25.4 Å². The third-order valence-electron chi connectivity index (χ3n) is 4.49. The number of piperidine rings is 1. The van der Waals surface area contributed by atoms with E-state index in [2.05, 4.69) is 10.3 Å². The van der Waals surface area contributed by atoms with E-state index in [0.717, 1.165) is 18.6 Å². The van der Waals surface area contributed by atoms with Crippen LogP contribution in [0, 0.1) is 5.41 Å². The van der Waals surface area contributed by atoms with E-state index in [-0.39, 0.29) is 11.3 Å². The highest BCUT2D eigenvalue weighted by Gasteiger charge is 2.44. The van der Waals surface area contributed by atoms with E-state index in [1.807, 2.05) is 4.90 Å². The van der Waals surface area contributed by atoms with E-state index in [4.69, 9.17) is 0 Å². The average molecular weight is 299 g/mol. The van der Waals surface area contributed by atoms with Gasteiger partial charge in [-0.25, -0.2) is 4.98 Å². The van der Waals surface area contributed by atoms with Crippen LogP contribution >= 0.6 is 0 Å². The molecule has 3 rings (SSSR count). The van der Waals surface area contributed by atoms with Crippen molar-refractivity contribution in [1.29, 1.82) is 0 Å². The van der Waals surface area contributed by atoms with Gasteiger partial charge in [0.15, 0.2) is 0 Å². The molecule has 7 heteroatoms. The average Bonchev–Trinajstić information content (AvgIpc) is 2.80. The molecular weight excluding hydrogens is 283 g/mol. The number of hydrogen-bond acceptors (Lipinski definition) is 3. The molecule has 1 aromatic rings. The first-order chi connectivity index (χ1) is 9.91. The molecule has 0 atom stereocenters. The molecule has 114 valence electrons. The molecule has 0 saturated carbocycles. The SMILES string of the molecule is O=C1NCCC12CCN(c1cc(C(F)(F)F)ccn1)CC2. The van der Waals surface area contributed by atoms with Gasteiger partial charge in [-0.1, -0.05) is 0 Å². The zero-order valence-corrected chi connectivity index (χ0v) is 11.4. The monoisotopic (exact) mass is 299 g/mol. The molecule has 3 heterocycles. The first kappa shape index (κ1) is 14.2. The number of rotatable bonds is 1. The summed E-state index contributed by atoms with van der Waals surface area (Å²) in [6, 6.07) is 2.05. The molecule has 1 amide bonds. The number of anilines is 1. The van der Waals surface area contributed by atoms with Crippen molar-refractivity contribution >= 4 is 11.7 Å². The molecule has 0 radical (unpaired) electrons. The second kappa shape index (κ2) is 4.89. The van der Waals surface area contributed by atoms with Crippen molar-refractivity contribution in [3.8, 4) is 0 Å². The Labute approximate surface area is 120 Å². The van der Waals surface area contributed by atoms with Crippen molar-refractivity contribution in [2.75, 3.05) is 24.5 Å². The van der Waals surface area contributed by atoms with Crippen molar-refractivity contribution in [1.82, 2.24) is 10.3 Å². The lowest BCUT2D eigenvalue weighted by Gasteiger charge is -2.38. The molecule has 0 bridgehead atoms. The predicted octanol–water partition coefficient (Wildman–Crippen LogP) is 2.21. The standard InChI is InChI=1S/C14H16F3N3O/c15-14(16,17)10-1-5-18-11(9-10)20-7-3-13(4-8-20)2-6-19-12(13)21/h1,5,9H,2-4,6-8H2,(H,19,21). The van der Waals surface area contributed by atoms with Gasteiger partial charge in [0.2, 0.25) is 5.91 Å². The van der Waals surface area contributed by atoms with Gasteiger partial charge in [-0.3, -0.25) is 4.79 Å². The summed E-state index contributed by atoms with van der Waals surface area (Å²) in [4.78, 5) is 17.7. The van der Waals surface area contributed by atoms with E-state index in [1.165, 1.54) is 6.20 Å². The van der Waals surface area contributed by atoms with E-state index in [1.54, 1.807) is 0 Å². The third kappa shape index (κ3) is 2.56. The zero-order valence-electron chi connectivity index (χ0n) is 11.4. The van der Waals surface area contributed by atoms with Crippen LogP contribution in [0.25, 0.3) is 0 Å². The zero-order chi connectivity index (χ0) is 15.1. The van der Waals surface area contributed by atoms with Gasteiger partial charge in [0.1, 0.15) is 5.82 Å². The van der Waals surface area contributed by atoms with E-state index >= 15 is 0 Å². The molecule has 2 aliphatic heterocycles. The molecule has 2 fully saturated rings. The fourth-order valence-corrected chi connectivity index (χ4v) is 3.12. The summed E-state index contributed by atoms with van der Waals surface area (Å²) in [7, 11) is 0. The number of nitrogens with one attached hydrogen (secondary N) is 1. The lowest BCUT2D eigenvalue weighted by atomic mass is 9.77. The molecule has 0 aromatic carbocycles. The Bertz CT molecular complexity index is 551. The topological polar surface area (TPSA) is 45.2 Å². The summed E-state index contributed by atoms with van der Waals surface area (Å²) in [6.45, 7) is 1.81. The Kier molecular flexibility index (Phi) is 3.30. The van der Waals surface area contributed by atoms with Crippen LogP contribution in [0.2, 0.25) is 0 Å². The van der Waals surface area contributed by atoms with Crippen LogP contribution in [0.5, 0.6) is 0 Å². The minimum atomic E-state index is -4.36. The largest absolute Gasteiger partial charge is 0.416 e. The number of nitrogens with zero attached hydrogens (tertiary/aromatic N) is 2. The van der Waals surface area contributed by atoms with Gasteiger partial charge in [0.25, 0.3) is 0 Å². The summed E-state index contributed by atoms with van der Waals surface area (Å²) in [5.74, 6) is 0.414. The Morgan fingerprint density at radius 1 is 1.24 bits per heavy atom. The Morgan fingerprint density at radius 2 is 1.95 bits per heavy atom. The van der Waals surface area contributed by atoms with Crippen molar-refractivity contribution in [3.63, 3.8) is 0 Å². The van der Waals surface area contributed by atoms with Crippen molar-refractivity contribution < 1.29 is 18.0 Å². The van der Waals surface area contributed by atoms with E-state index in [9.17, 15) is 18.0 Å². The Balaban J connectivity index is 1.74. The normalized spacial score (nSPS) is 21.7. The molecule has 1 spiro atoms. The van der Waals surface area contributed by atoms with Gasteiger partial charge in [-0.15, -0.1) is 0 Å². The summed E-state index contributed by atoms with van der Waals surface area (Å²) in [6.07, 6.45) is -1.03. The van der Waals surface area contributed by atoms with Gasteiger partial charge >= 0.3 is 6.18 Å². The quantitative estimate of drug-likeness (QED) is 0.865. The second-order valence-electron chi connectivity index (χ2n) is 5.67. The molecular formula is C14H16F3N3O. The maximum atomic E-state index is 12.7. The van der Waals surface area contributed by atoms with Crippen LogP contribution < -0.4 is 10.2 Å². The Morgan fingerprint density at radius 3 is 2.52 bits per heavy atom. The fraction of sp³-hybridized carbons (Fsp3) is 0.571. The van der Waals surface area contributed by atoms with Crippen LogP contribution in [0.1, 0.15) is 24.8 Å². The minimum absolute atomic E-state index is 0.0825.